The number of carbonyl (C=O) groups excluding carboxylic acids is 1. The number of aryl methyl sites for hydroxylation is 4. The largest absolute Gasteiger partial charge is 0.354 e. The molecule has 0 saturated heterocycles. The summed E-state index contributed by atoms with van der Waals surface area (Å²) in [5, 5.41) is 6.35. The van der Waals surface area contributed by atoms with Crippen molar-refractivity contribution in [3.8, 4) is 0 Å². The van der Waals surface area contributed by atoms with Crippen molar-refractivity contribution in [3.05, 3.63) is 82.7 Å². The van der Waals surface area contributed by atoms with E-state index in [9.17, 15) is 4.79 Å². The Balaban J connectivity index is 1.83. The normalized spacial score (nSPS) is 10.5. The molecule has 0 fully saturated rings. The number of pyridine rings is 1. The molecule has 2 aromatic carbocycles. The van der Waals surface area contributed by atoms with Gasteiger partial charge in [0.25, 0.3) is 5.91 Å². The quantitative estimate of drug-likeness (QED) is 0.673. The van der Waals surface area contributed by atoms with Crippen molar-refractivity contribution in [1.82, 2.24) is 4.98 Å². The van der Waals surface area contributed by atoms with Crippen LogP contribution in [0.25, 0.3) is 0 Å². The lowest BCUT2D eigenvalue weighted by Gasteiger charge is -2.13. The molecule has 1 aromatic heterocycles. The maximum Gasteiger partial charge on any atom is 0.257 e. The van der Waals surface area contributed by atoms with E-state index in [-0.39, 0.29) is 5.91 Å². The van der Waals surface area contributed by atoms with Crippen LogP contribution in [0, 0.1) is 27.7 Å². The van der Waals surface area contributed by atoms with Gasteiger partial charge in [-0.25, -0.2) is 0 Å². The van der Waals surface area contributed by atoms with Crippen LogP contribution in [-0.4, -0.2) is 10.9 Å². The van der Waals surface area contributed by atoms with Gasteiger partial charge in [0.05, 0.1) is 17.4 Å². The van der Waals surface area contributed by atoms with Crippen molar-refractivity contribution >= 4 is 23.0 Å². The van der Waals surface area contributed by atoms with E-state index in [1.54, 1.807) is 12.4 Å². The first-order chi connectivity index (χ1) is 12.4. The number of carbonyl (C=O) groups is 1. The number of nitrogens with zero attached hydrogens (tertiary/aromatic N) is 1. The lowest BCUT2D eigenvalue weighted by atomic mass is 10.1. The highest BCUT2D eigenvalue weighted by Crippen LogP contribution is 2.24. The molecule has 0 bridgehead atoms. The van der Waals surface area contributed by atoms with Gasteiger partial charge >= 0.3 is 0 Å². The molecule has 1 amide bonds. The molecule has 0 radical (unpaired) electrons. The van der Waals surface area contributed by atoms with Gasteiger partial charge in [-0.15, -0.1) is 0 Å². The molecule has 4 heteroatoms. The van der Waals surface area contributed by atoms with Gasteiger partial charge < -0.3 is 10.6 Å². The first-order valence-corrected chi connectivity index (χ1v) is 8.61. The minimum absolute atomic E-state index is 0.170. The van der Waals surface area contributed by atoms with Crippen LogP contribution in [0.1, 0.15) is 32.6 Å². The lowest BCUT2D eigenvalue weighted by molar-refractivity contribution is 0.102. The van der Waals surface area contributed by atoms with Crippen LogP contribution in [-0.2, 0) is 0 Å². The standard InChI is InChI=1S/C22H23N3O/c1-14-8-9-15(2)20(10-14)25-22(26)18-11-19(13-23-12-18)24-21-16(3)6-5-7-17(21)4/h5-13,24H,1-4H3,(H,25,26). The van der Waals surface area contributed by atoms with E-state index in [0.717, 1.165) is 39.3 Å². The fourth-order valence-corrected chi connectivity index (χ4v) is 2.85. The van der Waals surface area contributed by atoms with Crippen molar-refractivity contribution in [3.63, 3.8) is 0 Å². The lowest BCUT2D eigenvalue weighted by Crippen LogP contribution is -2.13. The molecule has 0 saturated carbocycles. The van der Waals surface area contributed by atoms with Gasteiger partial charge in [0.2, 0.25) is 0 Å². The van der Waals surface area contributed by atoms with E-state index in [1.165, 1.54) is 0 Å². The van der Waals surface area contributed by atoms with Gasteiger partial charge in [0.1, 0.15) is 0 Å². The molecular weight excluding hydrogens is 322 g/mol. The number of amides is 1. The number of benzene rings is 2. The fraction of sp³-hybridized carbons (Fsp3) is 0.182. The number of hydrogen-bond donors (Lipinski definition) is 2. The van der Waals surface area contributed by atoms with E-state index in [1.807, 2.05) is 44.2 Å². The van der Waals surface area contributed by atoms with Crippen LogP contribution in [0.5, 0.6) is 0 Å². The van der Waals surface area contributed by atoms with Crippen LogP contribution in [0.3, 0.4) is 0 Å². The minimum atomic E-state index is -0.170. The van der Waals surface area contributed by atoms with Crippen molar-refractivity contribution in [1.29, 1.82) is 0 Å². The zero-order valence-electron chi connectivity index (χ0n) is 15.6. The Kier molecular flexibility index (Phi) is 5.03. The molecule has 3 rings (SSSR count). The van der Waals surface area contributed by atoms with E-state index in [2.05, 4.69) is 41.6 Å². The van der Waals surface area contributed by atoms with Crippen LogP contribution in [0.4, 0.5) is 17.1 Å². The summed E-state index contributed by atoms with van der Waals surface area (Å²) in [6, 6.07) is 14.0. The minimum Gasteiger partial charge on any atom is -0.354 e. The van der Waals surface area contributed by atoms with E-state index >= 15 is 0 Å². The predicted octanol–water partition coefficient (Wildman–Crippen LogP) is 5.31. The van der Waals surface area contributed by atoms with Gasteiger partial charge in [-0.3, -0.25) is 9.78 Å². The zero-order chi connectivity index (χ0) is 18.7. The highest BCUT2D eigenvalue weighted by molar-refractivity contribution is 6.05. The summed E-state index contributed by atoms with van der Waals surface area (Å²) in [5.74, 6) is -0.170. The third kappa shape index (κ3) is 3.91. The topological polar surface area (TPSA) is 54.0 Å². The maximum atomic E-state index is 12.6. The molecule has 4 nitrogen and oxygen atoms in total. The van der Waals surface area contributed by atoms with Gasteiger partial charge in [0.15, 0.2) is 0 Å². The second kappa shape index (κ2) is 7.40. The van der Waals surface area contributed by atoms with Gasteiger partial charge in [-0.1, -0.05) is 30.3 Å². The second-order valence-corrected chi connectivity index (χ2v) is 6.63. The number of hydrogen-bond acceptors (Lipinski definition) is 3. The summed E-state index contributed by atoms with van der Waals surface area (Å²) in [7, 11) is 0. The molecule has 0 atom stereocenters. The molecule has 1 heterocycles. The van der Waals surface area contributed by atoms with Crippen molar-refractivity contribution < 1.29 is 4.79 Å². The Morgan fingerprint density at radius 1 is 0.885 bits per heavy atom. The summed E-state index contributed by atoms with van der Waals surface area (Å²) < 4.78 is 0. The molecule has 0 aliphatic heterocycles. The molecule has 26 heavy (non-hydrogen) atoms. The Hall–Kier alpha value is -3.14. The summed E-state index contributed by atoms with van der Waals surface area (Å²) >= 11 is 0. The maximum absolute atomic E-state index is 12.6. The second-order valence-electron chi connectivity index (χ2n) is 6.63. The van der Waals surface area contributed by atoms with Gasteiger partial charge in [0, 0.05) is 17.6 Å². The number of anilines is 3. The third-order valence-corrected chi connectivity index (χ3v) is 4.39. The smallest absolute Gasteiger partial charge is 0.257 e. The molecule has 0 unspecified atom stereocenters. The first-order valence-electron chi connectivity index (χ1n) is 8.61. The number of para-hydroxylation sites is 1. The predicted molar refractivity (Wildman–Crippen MR) is 107 cm³/mol. The molecule has 0 aliphatic carbocycles. The SMILES string of the molecule is Cc1ccc(C)c(NC(=O)c2cncc(Nc3c(C)cccc3C)c2)c1. The first kappa shape index (κ1) is 17.7. The number of rotatable bonds is 4. The summed E-state index contributed by atoms with van der Waals surface area (Å²) in [5.41, 5.74) is 7.60. The fourth-order valence-electron chi connectivity index (χ4n) is 2.85. The average Bonchev–Trinajstić information content (AvgIpc) is 2.62. The van der Waals surface area contributed by atoms with Crippen LogP contribution in [0.15, 0.2) is 54.9 Å². The summed E-state index contributed by atoms with van der Waals surface area (Å²) in [4.78, 5) is 16.9. The van der Waals surface area contributed by atoms with Crippen molar-refractivity contribution in [2.24, 2.45) is 0 Å². The summed E-state index contributed by atoms with van der Waals surface area (Å²) in [6.07, 6.45) is 3.30. The molecule has 0 spiro atoms. The molecule has 3 aromatic rings. The Labute approximate surface area is 154 Å². The number of aromatic nitrogens is 1. The van der Waals surface area contributed by atoms with Crippen molar-refractivity contribution in [2.45, 2.75) is 27.7 Å². The average molecular weight is 345 g/mol. The highest BCUT2D eigenvalue weighted by atomic mass is 16.1. The Morgan fingerprint density at radius 2 is 1.62 bits per heavy atom. The summed E-state index contributed by atoms with van der Waals surface area (Å²) in [6.45, 7) is 8.09. The van der Waals surface area contributed by atoms with E-state index in [0.29, 0.717) is 5.56 Å². The highest BCUT2D eigenvalue weighted by Gasteiger charge is 2.10. The molecule has 0 aliphatic rings. The molecule has 132 valence electrons. The van der Waals surface area contributed by atoms with Gasteiger partial charge in [-0.05, 0) is 62.1 Å². The Morgan fingerprint density at radius 3 is 2.35 bits per heavy atom. The van der Waals surface area contributed by atoms with E-state index < -0.39 is 0 Å². The van der Waals surface area contributed by atoms with Crippen LogP contribution in [0.2, 0.25) is 0 Å². The van der Waals surface area contributed by atoms with Crippen molar-refractivity contribution in [2.75, 3.05) is 10.6 Å². The number of nitrogens with one attached hydrogen (secondary N) is 2. The third-order valence-electron chi connectivity index (χ3n) is 4.39. The molecule has 2 N–H and O–H groups in total. The van der Waals surface area contributed by atoms with E-state index in [4.69, 9.17) is 0 Å². The van der Waals surface area contributed by atoms with Crippen LogP contribution >= 0.6 is 0 Å². The van der Waals surface area contributed by atoms with Crippen LogP contribution < -0.4 is 10.6 Å². The van der Waals surface area contributed by atoms with Gasteiger partial charge in [-0.2, -0.15) is 0 Å². The Bertz CT molecular complexity index is 943. The zero-order valence-corrected chi connectivity index (χ0v) is 15.6. The molecular formula is C22H23N3O. The monoisotopic (exact) mass is 345 g/mol.